The van der Waals surface area contributed by atoms with Gasteiger partial charge in [-0.05, 0) is 41.0 Å². The Kier molecular flexibility index (Phi) is 7.94. The van der Waals surface area contributed by atoms with Gasteiger partial charge in [-0.25, -0.2) is 9.48 Å². The maximum absolute atomic E-state index is 13.2. The van der Waals surface area contributed by atoms with Gasteiger partial charge in [-0.1, -0.05) is 79.5 Å². The molecule has 0 aliphatic carbocycles. The van der Waals surface area contributed by atoms with Crippen LogP contribution in [-0.4, -0.2) is 35.0 Å². The van der Waals surface area contributed by atoms with E-state index in [2.05, 4.69) is 32.6 Å². The van der Waals surface area contributed by atoms with Crippen LogP contribution in [0.25, 0.3) is 11.4 Å². The molecule has 0 saturated heterocycles. The van der Waals surface area contributed by atoms with Crippen molar-refractivity contribution in [2.24, 2.45) is 0 Å². The number of hydrogen-bond acceptors (Lipinski definition) is 6. The van der Waals surface area contributed by atoms with Gasteiger partial charge in [0.2, 0.25) is 5.82 Å². The molecule has 0 aliphatic rings. The standard InChI is InChI=1S/C28H28ClN7O2/c1-2-3-12-25-32-36(18-20-8-5-4-6-9-20)28(37)35(25)17-21-13-15-23(16-14-21)38-19-22-10-7-11-24(26(22)29)27-30-33-34-31-27/h4-11,13-16H,2-3,12,17-19H2,1H3,(H,30,31,33,34). The third-order valence-corrected chi connectivity index (χ3v) is 6.70. The van der Waals surface area contributed by atoms with Crippen LogP contribution in [0.2, 0.25) is 5.02 Å². The number of aryl methyl sites for hydroxylation is 1. The third kappa shape index (κ3) is 5.84. The van der Waals surface area contributed by atoms with E-state index in [4.69, 9.17) is 16.3 Å². The van der Waals surface area contributed by atoms with E-state index in [1.807, 2.05) is 72.8 Å². The van der Waals surface area contributed by atoms with Crippen LogP contribution in [-0.2, 0) is 26.1 Å². The lowest BCUT2D eigenvalue weighted by atomic mass is 10.1. The van der Waals surface area contributed by atoms with E-state index in [9.17, 15) is 4.79 Å². The Morgan fingerprint density at radius 1 is 0.947 bits per heavy atom. The number of hydrogen-bond donors (Lipinski definition) is 1. The maximum Gasteiger partial charge on any atom is 0.346 e. The first-order chi connectivity index (χ1) is 18.6. The average molecular weight is 530 g/mol. The number of nitrogens with one attached hydrogen (secondary N) is 1. The highest BCUT2D eigenvalue weighted by Gasteiger charge is 2.15. The van der Waals surface area contributed by atoms with E-state index in [0.29, 0.717) is 35.2 Å². The molecule has 2 aromatic heterocycles. The zero-order valence-corrected chi connectivity index (χ0v) is 21.8. The van der Waals surface area contributed by atoms with E-state index >= 15 is 0 Å². The summed E-state index contributed by atoms with van der Waals surface area (Å²) in [5.74, 6) is 1.94. The molecule has 0 saturated carbocycles. The highest BCUT2D eigenvalue weighted by Crippen LogP contribution is 2.29. The van der Waals surface area contributed by atoms with E-state index in [0.717, 1.165) is 41.8 Å². The summed E-state index contributed by atoms with van der Waals surface area (Å²) >= 11 is 6.56. The lowest BCUT2D eigenvalue weighted by molar-refractivity contribution is 0.306. The molecule has 0 spiro atoms. The summed E-state index contributed by atoms with van der Waals surface area (Å²) in [5.41, 5.74) is 3.45. The molecule has 0 fully saturated rings. The molecule has 10 heteroatoms. The number of aromatic nitrogens is 7. The van der Waals surface area contributed by atoms with Crippen molar-refractivity contribution in [3.63, 3.8) is 0 Å². The first kappa shape index (κ1) is 25.4. The Hall–Kier alpha value is -4.24. The monoisotopic (exact) mass is 529 g/mol. The van der Waals surface area contributed by atoms with Crippen LogP contribution < -0.4 is 10.4 Å². The minimum atomic E-state index is -0.101. The highest BCUT2D eigenvalue weighted by atomic mass is 35.5. The molecule has 0 bridgehead atoms. The molecular formula is C28H28ClN7O2. The van der Waals surface area contributed by atoms with Gasteiger partial charge >= 0.3 is 5.69 Å². The van der Waals surface area contributed by atoms with Gasteiger partial charge in [0.05, 0.1) is 18.1 Å². The second-order valence-corrected chi connectivity index (χ2v) is 9.36. The number of unbranched alkanes of at least 4 members (excludes halogenated alkanes) is 1. The fourth-order valence-electron chi connectivity index (χ4n) is 4.20. The molecule has 194 valence electrons. The normalized spacial score (nSPS) is 11.1. The molecule has 5 rings (SSSR count). The summed E-state index contributed by atoms with van der Waals surface area (Å²) in [7, 11) is 0. The van der Waals surface area contributed by atoms with E-state index in [1.165, 1.54) is 0 Å². The molecule has 5 aromatic rings. The number of aromatic amines is 1. The molecule has 9 nitrogen and oxygen atoms in total. The number of tetrazole rings is 1. The van der Waals surface area contributed by atoms with E-state index < -0.39 is 0 Å². The Balaban J connectivity index is 1.29. The Morgan fingerprint density at radius 3 is 2.47 bits per heavy atom. The van der Waals surface area contributed by atoms with Crippen molar-refractivity contribution < 1.29 is 4.74 Å². The number of halogens is 1. The van der Waals surface area contributed by atoms with Crippen LogP contribution in [0, 0.1) is 0 Å². The number of rotatable bonds is 11. The Morgan fingerprint density at radius 2 is 1.74 bits per heavy atom. The second-order valence-electron chi connectivity index (χ2n) is 8.98. The van der Waals surface area contributed by atoms with Gasteiger partial charge in [0, 0.05) is 17.5 Å². The van der Waals surface area contributed by atoms with Gasteiger partial charge < -0.3 is 4.74 Å². The molecule has 0 radical (unpaired) electrons. The van der Waals surface area contributed by atoms with Gasteiger partial charge in [0.1, 0.15) is 18.2 Å². The number of H-pyrrole nitrogens is 1. The van der Waals surface area contributed by atoms with E-state index in [-0.39, 0.29) is 12.3 Å². The molecule has 0 atom stereocenters. The first-order valence-electron chi connectivity index (χ1n) is 12.6. The van der Waals surface area contributed by atoms with Crippen LogP contribution in [0.4, 0.5) is 0 Å². The quantitative estimate of drug-likeness (QED) is 0.261. The number of nitrogens with zero attached hydrogens (tertiary/aromatic N) is 6. The third-order valence-electron chi connectivity index (χ3n) is 6.25. The van der Waals surface area contributed by atoms with Crippen molar-refractivity contribution in [2.75, 3.05) is 0 Å². The number of ether oxygens (including phenoxy) is 1. The molecule has 0 amide bonds. The largest absolute Gasteiger partial charge is 0.489 e. The first-order valence-corrected chi connectivity index (χ1v) is 12.9. The topological polar surface area (TPSA) is 104 Å². The van der Waals surface area contributed by atoms with Crippen molar-refractivity contribution in [1.29, 1.82) is 0 Å². The fraction of sp³-hybridized carbons (Fsp3) is 0.250. The van der Waals surface area contributed by atoms with Crippen LogP contribution in [0.15, 0.2) is 77.6 Å². The minimum absolute atomic E-state index is 0.101. The van der Waals surface area contributed by atoms with Crippen molar-refractivity contribution in [3.8, 4) is 17.1 Å². The van der Waals surface area contributed by atoms with Crippen LogP contribution in [0.1, 0.15) is 42.3 Å². The molecule has 3 aromatic carbocycles. The predicted octanol–water partition coefficient (Wildman–Crippen LogP) is 4.90. The summed E-state index contributed by atoms with van der Waals surface area (Å²) in [6, 6.07) is 23.3. The summed E-state index contributed by atoms with van der Waals surface area (Å²) in [6.45, 7) is 3.33. The smallest absolute Gasteiger partial charge is 0.346 e. The average Bonchev–Trinajstić information content (AvgIpc) is 3.58. The SMILES string of the molecule is CCCCc1nn(Cc2ccccc2)c(=O)n1Cc1ccc(OCc2cccc(-c3nn[nH]n3)c2Cl)cc1. The maximum atomic E-state index is 13.2. The molecule has 2 heterocycles. The van der Waals surface area contributed by atoms with Crippen molar-refractivity contribution in [2.45, 2.75) is 45.9 Å². The van der Waals surface area contributed by atoms with Gasteiger partial charge in [0.25, 0.3) is 0 Å². The second kappa shape index (κ2) is 11.9. The Bertz CT molecular complexity index is 1530. The predicted molar refractivity (Wildman–Crippen MR) is 145 cm³/mol. The molecule has 38 heavy (non-hydrogen) atoms. The molecule has 1 N–H and O–H groups in total. The molecular weight excluding hydrogens is 502 g/mol. The zero-order valence-electron chi connectivity index (χ0n) is 21.0. The van der Waals surface area contributed by atoms with Crippen molar-refractivity contribution in [1.82, 2.24) is 35.0 Å². The van der Waals surface area contributed by atoms with Gasteiger partial charge in [0.15, 0.2) is 0 Å². The van der Waals surface area contributed by atoms with Crippen LogP contribution in [0.3, 0.4) is 0 Å². The summed E-state index contributed by atoms with van der Waals surface area (Å²) in [6.07, 6.45) is 2.78. The minimum Gasteiger partial charge on any atom is -0.489 e. The lowest BCUT2D eigenvalue weighted by Gasteiger charge is -2.11. The number of benzene rings is 3. The highest BCUT2D eigenvalue weighted by molar-refractivity contribution is 6.34. The fourth-order valence-corrected chi connectivity index (χ4v) is 4.46. The molecule has 0 unspecified atom stereocenters. The van der Waals surface area contributed by atoms with Crippen molar-refractivity contribution in [3.05, 3.63) is 111 Å². The Labute approximate surface area is 225 Å². The van der Waals surface area contributed by atoms with Crippen molar-refractivity contribution >= 4 is 11.6 Å². The van der Waals surface area contributed by atoms with Crippen LogP contribution >= 0.6 is 11.6 Å². The summed E-state index contributed by atoms with van der Waals surface area (Å²) in [4.78, 5) is 13.2. The lowest BCUT2D eigenvalue weighted by Crippen LogP contribution is -2.26. The zero-order chi connectivity index (χ0) is 26.3. The molecule has 0 aliphatic heterocycles. The summed E-state index contributed by atoms with van der Waals surface area (Å²) in [5, 5.41) is 19.2. The van der Waals surface area contributed by atoms with Gasteiger partial charge in [-0.2, -0.15) is 10.3 Å². The van der Waals surface area contributed by atoms with E-state index in [1.54, 1.807) is 9.25 Å². The van der Waals surface area contributed by atoms with Crippen LogP contribution in [0.5, 0.6) is 5.75 Å². The van der Waals surface area contributed by atoms with Gasteiger partial charge in [-0.15, -0.1) is 10.2 Å². The van der Waals surface area contributed by atoms with Gasteiger partial charge in [-0.3, -0.25) is 4.57 Å². The summed E-state index contributed by atoms with van der Waals surface area (Å²) < 4.78 is 9.32.